The molecular formula is C10H15NO2. The van der Waals surface area contributed by atoms with Crippen molar-refractivity contribution >= 4 is 0 Å². The first-order chi connectivity index (χ1) is 6.01. The average molecular weight is 181 g/mol. The summed E-state index contributed by atoms with van der Waals surface area (Å²) in [5.41, 5.74) is 0.565. The Hall–Kier alpha value is -1.09. The first kappa shape index (κ1) is 9.99. The molecule has 72 valence electrons. The molecule has 13 heavy (non-hydrogen) atoms. The van der Waals surface area contributed by atoms with Gasteiger partial charge in [0.2, 0.25) is 5.88 Å². The van der Waals surface area contributed by atoms with Crippen LogP contribution in [0.1, 0.15) is 26.3 Å². The Labute approximate surface area is 78.4 Å². The molecule has 0 saturated carbocycles. The van der Waals surface area contributed by atoms with Crippen molar-refractivity contribution in [2.45, 2.75) is 33.0 Å². The molecule has 0 aromatic carbocycles. The number of nitrogens with zero attached hydrogens (tertiary/aromatic N) is 1. The molecule has 3 nitrogen and oxygen atoms in total. The summed E-state index contributed by atoms with van der Waals surface area (Å²) >= 11 is 0. The highest BCUT2D eigenvalue weighted by atomic mass is 16.5. The predicted molar refractivity (Wildman–Crippen MR) is 50.5 cm³/mol. The number of pyridine rings is 1. The number of ether oxygens (including phenoxy) is 1. The SMILES string of the molecule is CC(C)(C)Oc1cc(CO)ccn1. The summed E-state index contributed by atoms with van der Waals surface area (Å²) in [6.07, 6.45) is 1.63. The van der Waals surface area contributed by atoms with Crippen LogP contribution in [0.15, 0.2) is 18.3 Å². The lowest BCUT2D eigenvalue weighted by molar-refractivity contribution is 0.123. The second-order valence-electron chi connectivity index (χ2n) is 3.87. The highest BCUT2D eigenvalue weighted by Gasteiger charge is 2.12. The lowest BCUT2D eigenvalue weighted by Crippen LogP contribution is -2.23. The van der Waals surface area contributed by atoms with E-state index in [0.717, 1.165) is 5.56 Å². The van der Waals surface area contributed by atoms with E-state index in [9.17, 15) is 0 Å². The zero-order chi connectivity index (χ0) is 9.90. The smallest absolute Gasteiger partial charge is 0.214 e. The minimum Gasteiger partial charge on any atom is -0.472 e. The van der Waals surface area contributed by atoms with Gasteiger partial charge < -0.3 is 9.84 Å². The van der Waals surface area contributed by atoms with Gasteiger partial charge >= 0.3 is 0 Å². The van der Waals surface area contributed by atoms with Crippen LogP contribution in [0.4, 0.5) is 0 Å². The third-order valence-electron chi connectivity index (χ3n) is 1.39. The molecule has 1 N–H and O–H groups in total. The van der Waals surface area contributed by atoms with Crippen LogP contribution in [-0.4, -0.2) is 15.7 Å². The van der Waals surface area contributed by atoms with Crippen LogP contribution in [-0.2, 0) is 6.61 Å². The maximum absolute atomic E-state index is 8.88. The first-order valence-corrected chi connectivity index (χ1v) is 4.26. The van der Waals surface area contributed by atoms with Gasteiger partial charge in [-0.05, 0) is 32.4 Å². The summed E-state index contributed by atoms with van der Waals surface area (Å²) in [6, 6.07) is 3.50. The summed E-state index contributed by atoms with van der Waals surface area (Å²) in [5.74, 6) is 0.555. The van der Waals surface area contributed by atoms with Crippen LogP contribution >= 0.6 is 0 Å². The lowest BCUT2D eigenvalue weighted by Gasteiger charge is -2.20. The van der Waals surface area contributed by atoms with E-state index < -0.39 is 0 Å². The third kappa shape index (κ3) is 3.42. The number of hydrogen-bond acceptors (Lipinski definition) is 3. The summed E-state index contributed by atoms with van der Waals surface area (Å²) in [6.45, 7) is 5.89. The summed E-state index contributed by atoms with van der Waals surface area (Å²) < 4.78 is 5.52. The van der Waals surface area contributed by atoms with Crippen LogP contribution in [0, 0.1) is 0 Å². The molecule has 0 fully saturated rings. The van der Waals surface area contributed by atoms with Gasteiger partial charge in [0.1, 0.15) is 5.60 Å². The summed E-state index contributed by atoms with van der Waals surface area (Å²) in [5, 5.41) is 8.88. The van der Waals surface area contributed by atoms with E-state index in [-0.39, 0.29) is 12.2 Å². The Morgan fingerprint density at radius 3 is 2.69 bits per heavy atom. The van der Waals surface area contributed by atoms with E-state index >= 15 is 0 Å². The van der Waals surface area contributed by atoms with Gasteiger partial charge in [-0.1, -0.05) is 0 Å². The molecule has 0 bridgehead atoms. The standard InChI is InChI=1S/C10H15NO2/c1-10(2,3)13-9-6-8(7-12)4-5-11-9/h4-6,12H,7H2,1-3H3. The maximum atomic E-state index is 8.88. The Morgan fingerprint density at radius 1 is 1.46 bits per heavy atom. The predicted octanol–water partition coefficient (Wildman–Crippen LogP) is 1.75. The Balaban J connectivity index is 2.78. The third-order valence-corrected chi connectivity index (χ3v) is 1.39. The zero-order valence-corrected chi connectivity index (χ0v) is 8.24. The van der Waals surface area contributed by atoms with Crippen molar-refractivity contribution in [3.63, 3.8) is 0 Å². The van der Waals surface area contributed by atoms with E-state index in [1.54, 1.807) is 18.3 Å². The van der Waals surface area contributed by atoms with Gasteiger partial charge in [-0.25, -0.2) is 4.98 Å². The average Bonchev–Trinajstić information content (AvgIpc) is 2.01. The van der Waals surface area contributed by atoms with Gasteiger partial charge in [0.15, 0.2) is 0 Å². The molecule has 1 aromatic heterocycles. The van der Waals surface area contributed by atoms with Crippen LogP contribution in [0.5, 0.6) is 5.88 Å². The second kappa shape index (κ2) is 3.75. The van der Waals surface area contributed by atoms with Gasteiger partial charge in [0, 0.05) is 12.3 Å². The van der Waals surface area contributed by atoms with Crippen molar-refractivity contribution in [3.05, 3.63) is 23.9 Å². The quantitative estimate of drug-likeness (QED) is 0.755. The number of hydrogen-bond donors (Lipinski definition) is 1. The van der Waals surface area contributed by atoms with Gasteiger partial charge in [0.05, 0.1) is 6.61 Å². The minimum atomic E-state index is -0.249. The molecule has 0 spiro atoms. The van der Waals surface area contributed by atoms with Gasteiger partial charge in [-0.2, -0.15) is 0 Å². The molecule has 0 aliphatic carbocycles. The minimum absolute atomic E-state index is 0.0169. The molecule has 0 amide bonds. The highest BCUT2D eigenvalue weighted by Crippen LogP contribution is 2.15. The first-order valence-electron chi connectivity index (χ1n) is 4.26. The van der Waals surface area contributed by atoms with E-state index in [1.807, 2.05) is 20.8 Å². The molecule has 0 atom stereocenters. The molecular weight excluding hydrogens is 166 g/mol. The Kier molecular flexibility index (Phi) is 2.88. The molecule has 0 aliphatic rings. The highest BCUT2D eigenvalue weighted by molar-refractivity contribution is 5.20. The van der Waals surface area contributed by atoms with Crippen molar-refractivity contribution in [3.8, 4) is 5.88 Å². The Morgan fingerprint density at radius 2 is 2.15 bits per heavy atom. The van der Waals surface area contributed by atoms with Crippen LogP contribution < -0.4 is 4.74 Å². The Bertz CT molecular complexity index is 278. The van der Waals surface area contributed by atoms with Crippen molar-refractivity contribution in [1.82, 2.24) is 4.98 Å². The molecule has 0 aliphatic heterocycles. The van der Waals surface area contributed by atoms with Crippen LogP contribution in [0.2, 0.25) is 0 Å². The fraction of sp³-hybridized carbons (Fsp3) is 0.500. The molecule has 1 aromatic rings. The normalized spacial score (nSPS) is 11.4. The van der Waals surface area contributed by atoms with E-state index in [0.29, 0.717) is 5.88 Å². The molecule has 0 unspecified atom stereocenters. The number of rotatable bonds is 2. The number of aliphatic hydroxyl groups is 1. The summed E-state index contributed by atoms with van der Waals surface area (Å²) in [4.78, 5) is 4.04. The largest absolute Gasteiger partial charge is 0.472 e. The second-order valence-corrected chi connectivity index (χ2v) is 3.87. The fourth-order valence-corrected chi connectivity index (χ4v) is 0.918. The van der Waals surface area contributed by atoms with Gasteiger partial charge in [-0.3, -0.25) is 0 Å². The molecule has 0 radical (unpaired) electrons. The maximum Gasteiger partial charge on any atom is 0.214 e. The van der Waals surface area contributed by atoms with Crippen molar-refractivity contribution in [1.29, 1.82) is 0 Å². The molecule has 1 rings (SSSR count). The monoisotopic (exact) mass is 181 g/mol. The van der Waals surface area contributed by atoms with E-state index in [2.05, 4.69) is 4.98 Å². The number of aromatic nitrogens is 1. The van der Waals surface area contributed by atoms with Gasteiger partial charge in [0.25, 0.3) is 0 Å². The zero-order valence-electron chi connectivity index (χ0n) is 8.24. The molecule has 1 heterocycles. The lowest BCUT2D eigenvalue weighted by atomic mass is 10.2. The van der Waals surface area contributed by atoms with Crippen molar-refractivity contribution < 1.29 is 9.84 Å². The van der Waals surface area contributed by atoms with Crippen LogP contribution in [0.25, 0.3) is 0 Å². The van der Waals surface area contributed by atoms with E-state index in [4.69, 9.17) is 9.84 Å². The van der Waals surface area contributed by atoms with Gasteiger partial charge in [-0.15, -0.1) is 0 Å². The molecule has 3 heteroatoms. The van der Waals surface area contributed by atoms with Crippen molar-refractivity contribution in [2.75, 3.05) is 0 Å². The fourth-order valence-electron chi connectivity index (χ4n) is 0.918. The topological polar surface area (TPSA) is 42.4 Å². The number of aliphatic hydroxyl groups excluding tert-OH is 1. The molecule has 0 saturated heterocycles. The summed E-state index contributed by atoms with van der Waals surface area (Å²) in [7, 11) is 0. The van der Waals surface area contributed by atoms with Crippen molar-refractivity contribution in [2.24, 2.45) is 0 Å². The van der Waals surface area contributed by atoms with E-state index in [1.165, 1.54) is 0 Å². The van der Waals surface area contributed by atoms with Crippen LogP contribution in [0.3, 0.4) is 0 Å².